The molecular formula is C14H9BrMgN2. The molecule has 1 heterocycles. The number of fused-ring (bicyclic) bond motifs is 1. The third-order valence-electron chi connectivity index (χ3n) is 2.69. The Hall–Kier alpha value is -0.974. The molecule has 0 atom stereocenters. The number of benzene rings is 2. The second kappa shape index (κ2) is 6.27. The van der Waals surface area contributed by atoms with Crippen molar-refractivity contribution in [3.05, 3.63) is 76.7 Å². The third-order valence-corrected chi connectivity index (χ3v) is 2.69. The van der Waals surface area contributed by atoms with Crippen molar-refractivity contribution < 1.29 is 17.0 Å². The first-order chi connectivity index (χ1) is 7.86. The minimum Gasteiger partial charge on any atom is -1.00 e. The van der Waals surface area contributed by atoms with Gasteiger partial charge in [0.2, 0.25) is 0 Å². The Morgan fingerprint density at radius 3 is 2.00 bits per heavy atom. The second-order valence-corrected chi connectivity index (χ2v) is 3.70. The van der Waals surface area contributed by atoms with Gasteiger partial charge in [0, 0.05) is 0 Å². The smallest absolute Gasteiger partial charge is 1.00 e. The summed E-state index contributed by atoms with van der Waals surface area (Å²) < 4.78 is 0. The summed E-state index contributed by atoms with van der Waals surface area (Å²) in [4.78, 5) is 4.22. The first-order valence-electron chi connectivity index (χ1n) is 5.16. The number of rotatable bonds is 1. The fourth-order valence-electron chi connectivity index (χ4n) is 1.93. The van der Waals surface area contributed by atoms with Crippen LogP contribution in [0.25, 0.3) is 5.41 Å². The number of hydrogen-bond acceptors (Lipinski definition) is 0. The molecule has 2 aromatic rings. The number of amidine groups is 1. The molecule has 18 heavy (non-hydrogen) atoms. The Kier molecular flexibility index (Phi) is 5.25. The molecule has 2 aromatic carbocycles. The average Bonchev–Trinajstić information content (AvgIpc) is 2.69. The van der Waals surface area contributed by atoms with Crippen LogP contribution in [0.15, 0.2) is 59.6 Å². The largest absolute Gasteiger partial charge is 2.00 e. The summed E-state index contributed by atoms with van der Waals surface area (Å²) in [6, 6.07) is 17.6. The summed E-state index contributed by atoms with van der Waals surface area (Å²) in [6.07, 6.45) is 0. The van der Waals surface area contributed by atoms with Gasteiger partial charge in [-0.3, -0.25) is 0 Å². The quantitative estimate of drug-likeness (QED) is 0.635. The monoisotopic (exact) mass is 308 g/mol. The SMILES string of the molecule is [Br-].[Mg+2].[N-]=C1N=C(c2ccccc2)c2ccccc21. The van der Waals surface area contributed by atoms with Gasteiger partial charge in [0.1, 0.15) is 0 Å². The molecule has 0 N–H and O–H groups in total. The zero-order valence-corrected chi connectivity index (χ0v) is 12.7. The predicted octanol–water partition coefficient (Wildman–Crippen LogP) is -0.523. The van der Waals surface area contributed by atoms with Crippen LogP contribution < -0.4 is 17.0 Å². The normalized spacial score (nSPS) is 12.0. The van der Waals surface area contributed by atoms with Gasteiger partial charge < -0.3 is 27.4 Å². The number of halogens is 1. The van der Waals surface area contributed by atoms with Crippen LogP contribution in [0, 0.1) is 0 Å². The van der Waals surface area contributed by atoms with E-state index in [4.69, 9.17) is 0 Å². The molecule has 0 fully saturated rings. The number of aliphatic imine (C=N–C) groups is 1. The van der Waals surface area contributed by atoms with Crippen molar-refractivity contribution in [2.24, 2.45) is 4.99 Å². The molecule has 0 amide bonds. The van der Waals surface area contributed by atoms with Crippen molar-refractivity contribution in [2.75, 3.05) is 0 Å². The molecule has 0 aliphatic carbocycles. The average molecular weight is 309 g/mol. The van der Waals surface area contributed by atoms with E-state index in [1.165, 1.54) is 0 Å². The van der Waals surface area contributed by atoms with E-state index in [0.29, 0.717) is 0 Å². The second-order valence-electron chi connectivity index (χ2n) is 3.70. The van der Waals surface area contributed by atoms with Gasteiger partial charge in [0.05, 0.1) is 0 Å². The molecule has 3 rings (SSSR count). The van der Waals surface area contributed by atoms with Gasteiger partial charge in [-0.05, 0) is 22.4 Å². The van der Waals surface area contributed by atoms with E-state index in [2.05, 4.69) is 4.99 Å². The molecule has 0 unspecified atom stereocenters. The van der Waals surface area contributed by atoms with E-state index in [1.54, 1.807) is 0 Å². The summed E-state index contributed by atoms with van der Waals surface area (Å²) in [7, 11) is 0. The van der Waals surface area contributed by atoms with Crippen molar-refractivity contribution in [3.8, 4) is 0 Å². The molecule has 0 saturated carbocycles. The number of nitrogens with zero attached hydrogens (tertiary/aromatic N) is 2. The molecule has 0 bridgehead atoms. The first-order valence-corrected chi connectivity index (χ1v) is 5.16. The van der Waals surface area contributed by atoms with Crippen molar-refractivity contribution in [1.82, 2.24) is 0 Å². The first kappa shape index (κ1) is 15.1. The zero-order valence-electron chi connectivity index (χ0n) is 9.68. The maximum atomic E-state index is 9.74. The van der Waals surface area contributed by atoms with Crippen LogP contribution in [0.3, 0.4) is 0 Å². The van der Waals surface area contributed by atoms with E-state index >= 15 is 0 Å². The van der Waals surface area contributed by atoms with Gasteiger partial charge in [-0.15, -0.1) is 0 Å². The molecule has 0 radical (unpaired) electrons. The summed E-state index contributed by atoms with van der Waals surface area (Å²) in [5.41, 5.74) is 3.67. The summed E-state index contributed by atoms with van der Waals surface area (Å²) in [5, 5.41) is 9.74. The fraction of sp³-hybridized carbons (Fsp3) is 0. The van der Waals surface area contributed by atoms with Crippen molar-refractivity contribution >= 4 is 34.6 Å². The van der Waals surface area contributed by atoms with Crippen LogP contribution in [0.4, 0.5) is 0 Å². The van der Waals surface area contributed by atoms with Gasteiger partial charge in [-0.25, -0.2) is 0 Å². The summed E-state index contributed by atoms with van der Waals surface area (Å²) in [5.74, 6) is 0.106. The Morgan fingerprint density at radius 1 is 0.778 bits per heavy atom. The van der Waals surface area contributed by atoms with E-state index in [0.717, 1.165) is 22.4 Å². The molecule has 0 saturated heterocycles. The van der Waals surface area contributed by atoms with Gasteiger partial charge >= 0.3 is 23.1 Å². The molecule has 1 aliphatic heterocycles. The number of hydrogen-bond donors (Lipinski definition) is 0. The van der Waals surface area contributed by atoms with Gasteiger partial charge in [0.25, 0.3) is 0 Å². The fourth-order valence-corrected chi connectivity index (χ4v) is 1.93. The van der Waals surface area contributed by atoms with E-state index in [-0.39, 0.29) is 45.9 Å². The van der Waals surface area contributed by atoms with E-state index in [9.17, 15) is 5.41 Å². The van der Waals surface area contributed by atoms with Crippen LogP contribution in [-0.2, 0) is 0 Å². The minimum absolute atomic E-state index is 0. The van der Waals surface area contributed by atoms with Crippen molar-refractivity contribution in [1.29, 1.82) is 0 Å². The van der Waals surface area contributed by atoms with Crippen LogP contribution in [0.2, 0.25) is 0 Å². The topological polar surface area (TPSA) is 34.7 Å². The maximum Gasteiger partial charge on any atom is 2.00 e. The zero-order chi connectivity index (χ0) is 11.0. The molecule has 0 aromatic heterocycles. The standard InChI is InChI=1S/C14H9N2.BrH.Mg/c15-14-12-9-5-4-8-11(12)13(16-14)10-6-2-1-3-7-10;;/h1-9H;1H;/q-1;;+2/p-1. The van der Waals surface area contributed by atoms with Crippen molar-refractivity contribution in [3.63, 3.8) is 0 Å². The Labute approximate surface area is 133 Å². The Bertz CT molecular complexity index is 594. The summed E-state index contributed by atoms with van der Waals surface area (Å²) in [6.45, 7) is 0. The van der Waals surface area contributed by atoms with E-state index < -0.39 is 0 Å². The molecule has 1 aliphatic rings. The van der Waals surface area contributed by atoms with Crippen molar-refractivity contribution in [2.45, 2.75) is 0 Å². The molecule has 84 valence electrons. The summed E-state index contributed by atoms with van der Waals surface area (Å²) >= 11 is 0. The predicted molar refractivity (Wildman–Crippen MR) is 71.7 cm³/mol. The molecular weight excluding hydrogens is 300 g/mol. The molecule has 2 nitrogen and oxygen atoms in total. The van der Waals surface area contributed by atoms with Gasteiger partial charge in [-0.2, -0.15) is 0 Å². The van der Waals surface area contributed by atoms with Gasteiger partial charge in [-0.1, -0.05) is 60.4 Å². The third kappa shape index (κ3) is 2.55. The maximum absolute atomic E-state index is 9.74. The van der Waals surface area contributed by atoms with E-state index in [1.807, 2.05) is 54.6 Å². The minimum atomic E-state index is 0. The Morgan fingerprint density at radius 2 is 1.33 bits per heavy atom. The van der Waals surface area contributed by atoms with Crippen LogP contribution in [-0.4, -0.2) is 34.6 Å². The van der Waals surface area contributed by atoms with Gasteiger partial charge in [0.15, 0.2) is 0 Å². The van der Waals surface area contributed by atoms with Crippen LogP contribution in [0.5, 0.6) is 0 Å². The molecule has 0 spiro atoms. The van der Waals surface area contributed by atoms with Crippen LogP contribution >= 0.6 is 0 Å². The van der Waals surface area contributed by atoms with Crippen LogP contribution in [0.1, 0.15) is 16.7 Å². The Balaban J connectivity index is 0.000000810. The molecule has 4 heteroatoms.